The molecule has 0 saturated heterocycles. The average molecular weight is 474 g/mol. The van der Waals surface area contributed by atoms with E-state index in [1.807, 2.05) is 42.5 Å². The molecule has 0 fully saturated rings. The molecule has 31 heavy (non-hydrogen) atoms. The molecule has 1 heterocycles. The van der Waals surface area contributed by atoms with Crippen LogP contribution < -0.4 is 5.32 Å². The van der Waals surface area contributed by atoms with Gasteiger partial charge >= 0.3 is 0 Å². The number of rotatable bonds is 5. The lowest BCUT2D eigenvalue weighted by Crippen LogP contribution is -2.22. The highest BCUT2D eigenvalue weighted by atomic mass is 79.9. The number of carbonyl (C=O) groups is 1. The average Bonchev–Trinajstić information content (AvgIpc) is 3.22. The van der Waals surface area contributed by atoms with Gasteiger partial charge in [0.2, 0.25) is 5.89 Å². The Kier molecular flexibility index (Phi) is 5.88. The second-order valence-electron chi connectivity index (χ2n) is 7.59. The number of nitriles is 1. The molecule has 0 saturated carbocycles. The molecule has 0 aliphatic heterocycles. The molecular weight excluding hydrogens is 454 g/mol. The zero-order valence-corrected chi connectivity index (χ0v) is 18.7. The van der Waals surface area contributed by atoms with Gasteiger partial charge in [-0.1, -0.05) is 41.9 Å². The maximum absolute atomic E-state index is 12.5. The Morgan fingerprint density at radius 1 is 1.13 bits per heavy atom. The van der Waals surface area contributed by atoms with Crippen LogP contribution in [0.3, 0.4) is 0 Å². The summed E-state index contributed by atoms with van der Waals surface area (Å²) in [5, 5.41) is 12.2. The highest BCUT2D eigenvalue weighted by molar-refractivity contribution is 9.10. The van der Waals surface area contributed by atoms with Gasteiger partial charge in [-0.05, 0) is 60.0 Å². The molecule has 1 amide bonds. The number of halogens is 1. The van der Waals surface area contributed by atoms with Crippen molar-refractivity contribution in [2.45, 2.75) is 26.3 Å². The third-order valence-electron chi connectivity index (χ3n) is 5.03. The van der Waals surface area contributed by atoms with Gasteiger partial charge in [0, 0.05) is 27.7 Å². The number of amides is 1. The molecular formula is C25H20BrN3O2. The van der Waals surface area contributed by atoms with Gasteiger partial charge in [0.05, 0.1) is 11.6 Å². The standard InChI is InChI=1S/C25H20BrN3O2/c1-15(2)21-11-17(13-27)12-22-23(21)31-25(29-22)19-7-5-18(6-8-19)24(30)28-14-16-3-9-20(26)10-4-16/h3-12,15H,14H2,1-2H3,(H,28,30). The summed E-state index contributed by atoms with van der Waals surface area (Å²) in [4.78, 5) is 17.0. The fourth-order valence-electron chi connectivity index (χ4n) is 3.33. The molecule has 154 valence electrons. The third kappa shape index (κ3) is 4.52. The Morgan fingerprint density at radius 3 is 2.48 bits per heavy atom. The van der Waals surface area contributed by atoms with Gasteiger partial charge in [0.1, 0.15) is 5.52 Å². The topological polar surface area (TPSA) is 78.9 Å². The van der Waals surface area contributed by atoms with E-state index in [1.54, 1.807) is 18.2 Å². The lowest BCUT2D eigenvalue weighted by Gasteiger charge is -2.06. The molecule has 1 aromatic heterocycles. The number of nitrogens with zero attached hydrogens (tertiary/aromatic N) is 2. The van der Waals surface area contributed by atoms with Crippen molar-refractivity contribution in [1.29, 1.82) is 5.26 Å². The number of oxazole rings is 1. The quantitative estimate of drug-likeness (QED) is 0.375. The Labute approximate surface area is 188 Å². The lowest BCUT2D eigenvalue weighted by molar-refractivity contribution is 0.0951. The van der Waals surface area contributed by atoms with E-state index >= 15 is 0 Å². The molecule has 0 aliphatic rings. The third-order valence-corrected chi connectivity index (χ3v) is 5.56. The maximum atomic E-state index is 12.5. The second kappa shape index (κ2) is 8.75. The number of benzene rings is 3. The summed E-state index contributed by atoms with van der Waals surface area (Å²) < 4.78 is 7.04. The minimum absolute atomic E-state index is 0.146. The van der Waals surface area contributed by atoms with Gasteiger partial charge in [-0.25, -0.2) is 4.98 Å². The van der Waals surface area contributed by atoms with Crippen LogP contribution in [0.25, 0.3) is 22.6 Å². The molecule has 1 N–H and O–H groups in total. The van der Waals surface area contributed by atoms with E-state index in [-0.39, 0.29) is 11.8 Å². The van der Waals surface area contributed by atoms with E-state index in [0.717, 1.165) is 21.2 Å². The van der Waals surface area contributed by atoms with Crippen LogP contribution in [0.5, 0.6) is 0 Å². The fraction of sp³-hybridized carbons (Fsp3) is 0.160. The van der Waals surface area contributed by atoms with E-state index in [9.17, 15) is 10.1 Å². The Balaban J connectivity index is 1.54. The molecule has 4 rings (SSSR count). The Morgan fingerprint density at radius 2 is 1.84 bits per heavy atom. The summed E-state index contributed by atoms with van der Waals surface area (Å²) in [5.41, 5.74) is 5.23. The van der Waals surface area contributed by atoms with Crippen LogP contribution in [-0.4, -0.2) is 10.9 Å². The summed E-state index contributed by atoms with van der Waals surface area (Å²) >= 11 is 3.40. The van der Waals surface area contributed by atoms with Crippen molar-refractivity contribution in [2.75, 3.05) is 0 Å². The zero-order chi connectivity index (χ0) is 22.0. The first-order chi connectivity index (χ1) is 14.9. The fourth-order valence-corrected chi connectivity index (χ4v) is 3.59. The van der Waals surface area contributed by atoms with Crippen molar-refractivity contribution in [3.05, 3.63) is 87.4 Å². The summed E-state index contributed by atoms with van der Waals surface area (Å²) in [6.45, 7) is 4.57. The summed E-state index contributed by atoms with van der Waals surface area (Å²) in [6, 6.07) is 20.7. The molecule has 0 aliphatic carbocycles. The van der Waals surface area contributed by atoms with Crippen molar-refractivity contribution in [3.63, 3.8) is 0 Å². The summed E-state index contributed by atoms with van der Waals surface area (Å²) in [7, 11) is 0. The number of hydrogen-bond acceptors (Lipinski definition) is 4. The van der Waals surface area contributed by atoms with Crippen LogP contribution in [0.1, 0.15) is 46.8 Å². The SMILES string of the molecule is CC(C)c1cc(C#N)cc2nc(-c3ccc(C(=O)NCc4ccc(Br)cc4)cc3)oc12. The predicted molar refractivity (Wildman–Crippen MR) is 124 cm³/mol. The molecule has 6 heteroatoms. The maximum Gasteiger partial charge on any atom is 0.251 e. The molecule has 0 radical (unpaired) electrons. The van der Waals surface area contributed by atoms with Crippen LogP contribution in [-0.2, 0) is 6.54 Å². The lowest BCUT2D eigenvalue weighted by atomic mass is 10.00. The number of nitrogens with one attached hydrogen (secondary N) is 1. The summed E-state index contributed by atoms with van der Waals surface area (Å²) in [5.74, 6) is 0.523. The minimum Gasteiger partial charge on any atom is -0.436 e. The monoisotopic (exact) mass is 473 g/mol. The van der Waals surface area contributed by atoms with E-state index in [1.165, 1.54) is 0 Å². The van der Waals surface area contributed by atoms with E-state index in [4.69, 9.17) is 4.42 Å². The van der Waals surface area contributed by atoms with Crippen LogP contribution in [0.2, 0.25) is 0 Å². The van der Waals surface area contributed by atoms with Crippen molar-refractivity contribution in [3.8, 4) is 17.5 Å². The molecule has 4 aromatic rings. The first-order valence-electron chi connectivity index (χ1n) is 9.92. The van der Waals surface area contributed by atoms with E-state index in [0.29, 0.717) is 34.7 Å². The van der Waals surface area contributed by atoms with Crippen LogP contribution in [0.4, 0.5) is 0 Å². The molecule has 0 bridgehead atoms. The van der Waals surface area contributed by atoms with Gasteiger partial charge in [-0.2, -0.15) is 5.26 Å². The largest absolute Gasteiger partial charge is 0.436 e. The van der Waals surface area contributed by atoms with Gasteiger partial charge in [-0.15, -0.1) is 0 Å². The Hall–Kier alpha value is -3.43. The molecule has 0 unspecified atom stereocenters. The van der Waals surface area contributed by atoms with Crippen molar-refractivity contribution in [2.24, 2.45) is 0 Å². The highest BCUT2D eigenvalue weighted by Crippen LogP contribution is 2.31. The van der Waals surface area contributed by atoms with Gasteiger partial charge < -0.3 is 9.73 Å². The molecule has 0 spiro atoms. The Bertz CT molecular complexity index is 1280. The van der Waals surface area contributed by atoms with Gasteiger partial charge in [0.15, 0.2) is 5.58 Å². The molecule has 0 atom stereocenters. The van der Waals surface area contributed by atoms with Gasteiger partial charge in [0.25, 0.3) is 5.91 Å². The normalized spacial score (nSPS) is 10.9. The van der Waals surface area contributed by atoms with Crippen molar-refractivity contribution < 1.29 is 9.21 Å². The summed E-state index contributed by atoms with van der Waals surface area (Å²) in [6.07, 6.45) is 0. The highest BCUT2D eigenvalue weighted by Gasteiger charge is 2.16. The minimum atomic E-state index is -0.146. The van der Waals surface area contributed by atoms with Crippen LogP contribution in [0, 0.1) is 11.3 Å². The van der Waals surface area contributed by atoms with Crippen LogP contribution in [0.15, 0.2) is 69.6 Å². The molecule has 3 aromatic carbocycles. The van der Waals surface area contributed by atoms with Crippen molar-refractivity contribution in [1.82, 2.24) is 10.3 Å². The first kappa shape index (κ1) is 20.8. The number of fused-ring (bicyclic) bond motifs is 1. The zero-order valence-electron chi connectivity index (χ0n) is 17.1. The van der Waals surface area contributed by atoms with Crippen molar-refractivity contribution >= 4 is 32.9 Å². The number of hydrogen-bond donors (Lipinski definition) is 1. The molecule has 5 nitrogen and oxygen atoms in total. The number of aromatic nitrogens is 1. The van der Waals surface area contributed by atoms with Crippen LogP contribution >= 0.6 is 15.9 Å². The van der Waals surface area contributed by atoms with Gasteiger partial charge in [-0.3, -0.25) is 4.79 Å². The predicted octanol–water partition coefficient (Wildman–Crippen LogP) is 6.18. The number of carbonyl (C=O) groups excluding carboxylic acids is 1. The first-order valence-corrected chi connectivity index (χ1v) is 10.7. The van der Waals surface area contributed by atoms with E-state index in [2.05, 4.69) is 46.1 Å². The second-order valence-corrected chi connectivity index (χ2v) is 8.50. The smallest absolute Gasteiger partial charge is 0.251 e. The van der Waals surface area contributed by atoms with E-state index < -0.39 is 0 Å².